The molecule has 0 saturated carbocycles. The fourth-order valence-corrected chi connectivity index (χ4v) is 4.36. The van der Waals surface area contributed by atoms with Crippen LogP contribution in [-0.2, 0) is 30.8 Å². The largest absolute Gasteiger partial charge is 0.337 e. The molecule has 2 heterocycles. The van der Waals surface area contributed by atoms with Crippen LogP contribution in [0.15, 0.2) is 48.5 Å². The van der Waals surface area contributed by atoms with Crippen molar-refractivity contribution in [2.45, 2.75) is 46.8 Å². The number of hydrogen-bond acceptors (Lipinski definition) is 3. The van der Waals surface area contributed by atoms with E-state index in [2.05, 4.69) is 4.90 Å². The summed E-state index contributed by atoms with van der Waals surface area (Å²) in [5.74, 6) is -0.514. The standard InChI is InChI=1S/C26H30F2N4O/c1-4-31(26(33)18(2)3)17-24-22-16-30(15-19-7-5-6-8-23(19)28)14-13-25(22)32(29-24)21-11-9-20(27)10-12-21/h5-12,18H,4,13-17H2,1-3H3. The zero-order valence-corrected chi connectivity index (χ0v) is 19.4. The lowest BCUT2D eigenvalue weighted by atomic mass is 10.0. The van der Waals surface area contributed by atoms with Crippen LogP contribution in [0.5, 0.6) is 0 Å². The van der Waals surface area contributed by atoms with Gasteiger partial charge in [0.25, 0.3) is 0 Å². The van der Waals surface area contributed by atoms with E-state index < -0.39 is 0 Å². The smallest absolute Gasteiger partial charge is 0.225 e. The molecule has 1 aromatic heterocycles. The SMILES string of the molecule is CCN(Cc1nn(-c2ccc(F)cc2)c2c1CN(Cc1ccccc1F)CC2)C(=O)C(C)C. The van der Waals surface area contributed by atoms with Crippen molar-refractivity contribution >= 4 is 5.91 Å². The molecule has 4 rings (SSSR count). The third-order valence-electron chi connectivity index (χ3n) is 6.17. The molecule has 0 atom stereocenters. The summed E-state index contributed by atoms with van der Waals surface area (Å²) in [6.45, 7) is 8.65. The summed E-state index contributed by atoms with van der Waals surface area (Å²) in [5, 5.41) is 4.88. The lowest BCUT2D eigenvalue weighted by Gasteiger charge is -2.29. The van der Waals surface area contributed by atoms with Gasteiger partial charge in [-0.05, 0) is 37.3 Å². The summed E-state index contributed by atoms with van der Waals surface area (Å²) < 4.78 is 29.6. The van der Waals surface area contributed by atoms with Gasteiger partial charge >= 0.3 is 0 Å². The van der Waals surface area contributed by atoms with Gasteiger partial charge in [0.15, 0.2) is 0 Å². The van der Waals surface area contributed by atoms with Gasteiger partial charge < -0.3 is 4.90 Å². The lowest BCUT2D eigenvalue weighted by Crippen LogP contribution is -2.35. The van der Waals surface area contributed by atoms with Crippen molar-refractivity contribution in [1.82, 2.24) is 19.6 Å². The molecule has 3 aromatic rings. The number of carbonyl (C=O) groups excluding carboxylic acids is 1. The van der Waals surface area contributed by atoms with Crippen molar-refractivity contribution in [3.63, 3.8) is 0 Å². The first-order valence-corrected chi connectivity index (χ1v) is 11.5. The average Bonchev–Trinajstić information content (AvgIpc) is 3.16. The van der Waals surface area contributed by atoms with Crippen LogP contribution in [-0.4, -0.2) is 38.6 Å². The van der Waals surface area contributed by atoms with Crippen LogP contribution >= 0.6 is 0 Å². The van der Waals surface area contributed by atoms with Crippen LogP contribution in [0.4, 0.5) is 8.78 Å². The Morgan fingerprint density at radius 1 is 1.12 bits per heavy atom. The molecule has 0 radical (unpaired) electrons. The molecule has 2 aromatic carbocycles. The predicted octanol–water partition coefficient (Wildman–Crippen LogP) is 4.71. The molecule has 1 aliphatic heterocycles. The van der Waals surface area contributed by atoms with Gasteiger partial charge in [0.2, 0.25) is 5.91 Å². The maximum atomic E-state index is 14.2. The van der Waals surface area contributed by atoms with Crippen LogP contribution in [0.2, 0.25) is 0 Å². The third kappa shape index (κ3) is 4.98. The van der Waals surface area contributed by atoms with E-state index in [1.54, 1.807) is 18.2 Å². The van der Waals surface area contributed by atoms with Crippen molar-refractivity contribution < 1.29 is 13.6 Å². The molecule has 0 saturated heterocycles. The fourth-order valence-electron chi connectivity index (χ4n) is 4.36. The number of rotatable bonds is 7. The number of amides is 1. The van der Waals surface area contributed by atoms with Gasteiger partial charge in [0, 0.05) is 49.6 Å². The van der Waals surface area contributed by atoms with Crippen LogP contribution in [0.3, 0.4) is 0 Å². The van der Waals surface area contributed by atoms with Crippen molar-refractivity contribution in [2.24, 2.45) is 5.92 Å². The molecule has 1 amide bonds. The second kappa shape index (κ2) is 9.83. The second-order valence-electron chi connectivity index (χ2n) is 8.82. The second-order valence-corrected chi connectivity index (χ2v) is 8.82. The Labute approximate surface area is 193 Å². The first kappa shape index (κ1) is 23.1. The van der Waals surface area contributed by atoms with Crippen molar-refractivity contribution in [2.75, 3.05) is 13.1 Å². The van der Waals surface area contributed by atoms with Crippen LogP contribution in [0.1, 0.15) is 43.3 Å². The molecule has 33 heavy (non-hydrogen) atoms. The normalized spacial score (nSPS) is 13.9. The molecule has 0 N–H and O–H groups in total. The fraction of sp³-hybridized carbons (Fsp3) is 0.385. The number of hydrogen-bond donors (Lipinski definition) is 0. The Hall–Kier alpha value is -3.06. The maximum absolute atomic E-state index is 14.2. The van der Waals surface area contributed by atoms with Gasteiger partial charge in [-0.15, -0.1) is 0 Å². The van der Waals surface area contributed by atoms with E-state index in [0.29, 0.717) is 31.7 Å². The zero-order chi connectivity index (χ0) is 23.5. The number of nitrogens with zero attached hydrogens (tertiary/aromatic N) is 4. The Morgan fingerprint density at radius 3 is 2.52 bits per heavy atom. The number of aromatic nitrogens is 2. The van der Waals surface area contributed by atoms with Gasteiger partial charge in [0.05, 0.1) is 23.6 Å². The molecule has 0 unspecified atom stereocenters. The molecule has 1 aliphatic rings. The van der Waals surface area contributed by atoms with Crippen molar-refractivity contribution in [1.29, 1.82) is 0 Å². The number of fused-ring (bicyclic) bond motifs is 1. The number of carbonyl (C=O) groups is 1. The summed E-state index contributed by atoms with van der Waals surface area (Å²) in [6, 6.07) is 13.1. The molecule has 0 aliphatic carbocycles. The highest BCUT2D eigenvalue weighted by atomic mass is 19.1. The van der Waals surface area contributed by atoms with Gasteiger partial charge in [0.1, 0.15) is 11.6 Å². The van der Waals surface area contributed by atoms with E-state index >= 15 is 0 Å². The summed E-state index contributed by atoms with van der Waals surface area (Å²) in [5.41, 5.74) is 4.42. The average molecular weight is 453 g/mol. The van der Waals surface area contributed by atoms with E-state index in [1.807, 2.05) is 42.5 Å². The van der Waals surface area contributed by atoms with Crippen molar-refractivity contribution in [3.8, 4) is 5.69 Å². The maximum Gasteiger partial charge on any atom is 0.225 e. The first-order chi connectivity index (χ1) is 15.9. The van der Waals surface area contributed by atoms with Crippen molar-refractivity contribution in [3.05, 3.63) is 82.7 Å². The lowest BCUT2D eigenvalue weighted by molar-refractivity contribution is -0.134. The molecular weight excluding hydrogens is 422 g/mol. The Balaban J connectivity index is 1.68. The molecule has 7 heteroatoms. The monoisotopic (exact) mass is 452 g/mol. The Bertz CT molecular complexity index is 1120. The minimum Gasteiger partial charge on any atom is -0.337 e. The highest BCUT2D eigenvalue weighted by Gasteiger charge is 2.28. The zero-order valence-electron chi connectivity index (χ0n) is 19.4. The van der Waals surface area contributed by atoms with E-state index in [9.17, 15) is 13.6 Å². The van der Waals surface area contributed by atoms with Gasteiger partial charge in [-0.3, -0.25) is 9.69 Å². The molecule has 0 bridgehead atoms. The molecule has 174 valence electrons. The molecule has 0 spiro atoms. The highest BCUT2D eigenvalue weighted by molar-refractivity contribution is 5.78. The quantitative estimate of drug-likeness (QED) is 0.521. The van der Waals surface area contributed by atoms with Gasteiger partial charge in [-0.2, -0.15) is 5.10 Å². The van der Waals surface area contributed by atoms with E-state index in [4.69, 9.17) is 5.10 Å². The van der Waals surface area contributed by atoms with E-state index in [1.165, 1.54) is 18.2 Å². The van der Waals surface area contributed by atoms with Gasteiger partial charge in [-0.25, -0.2) is 13.5 Å². The summed E-state index contributed by atoms with van der Waals surface area (Å²) >= 11 is 0. The number of halogens is 2. The minimum absolute atomic E-state index is 0.0848. The van der Waals surface area contributed by atoms with Gasteiger partial charge in [-0.1, -0.05) is 32.0 Å². The Kier molecular flexibility index (Phi) is 6.88. The van der Waals surface area contributed by atoms with Crippen LogP contribution in [0.25, 0.3) is 5.69 Å². The minimum atomic E-state index is -0.296. The number of benzene rings is 2. The summed E-state index contributed by atoms with van der Waals surface area (Å²) in [4.78, 5) is 16.7. The van der Waals surface area contributed by atoms with Crippen LogP contribution < -0.4 is 0 Å². The first-order valence-electron chi connectivity index (χ1n) is 11.5. The predicted molar refractivity (Wildman–Crippen MR) is 124 cm³/mol. The Morgan fingerprint density at radius 2 is 1.85 bits per heavy atom. The topological polar surface area (TPSA) is 41.4 Å². The summed E-state index contributed by atoms with van der Waals surface area (Å²) in [6.07, 6.45) is 0.735. The van der Waals surface area contributed by atoms with E-state index in [-0.39, 0.29) is 23.5 Å². The van der Waals surface area contributed by atoms with E-state index in [0.717, 1.165) is 35.6 Å². The molecule has 5 nitrogen and oxygen atoms in total. The highest BCUT2D eigenvalue weighted by Crippen LogP contribution is 2.28. The third-order valence-corrected chi connectivity index (χ3v) is 6.17. The summed E-state index contributed by atoms with van der Waals surface area (Å²) in [7, 11) is 0. The van der Waals surface area contributed by atoms with Crippen LogP contribution in [0, 0.1) is 17.6 Å². The molecule has 0 fully saturated rings. The molecular formula is C26H30F2N4O.